The van der Waals surface area contributed by atoms with Crippen LogP contribution < -0.4 is 5.32 Å². The van der Waals surface area contributed by atoms with Crippen molar-refractivity contribution in [1.82, 2.24) is 10.2 Å². The quantitative estimate of drug-likeness (QED) is 0.568. The number of aliphatic carboxylic acids is 1. The number of hydrogen-bond acceptors (Lipinski definition) is 5. The first kappa shape index (κ1) is 24.7. The van der Waals surface area contributed by atoms with Gasteiger partial charge in [-0.25, -0.2) is 4.79 Å². The lowest BCUT2D eigenvalue weighted by Gasteiger charge is -2.33. The van der Waals surface area contributed by atoms with Gasteiger partial charge < -0.3 is 24.8 Å². The van der Waals surface area contributed by atoms with Gasteiger partial charge in [0.05, 0.1) is 25.0 Å². The van der Waals surface area contributed by atoms with E-state index in [0.717, 1.165) is 11.1 Å². The van der Waals surface area contributed by atoms with E-state index in [0.29, 0.717) is 25.9 Å². The Hall–Kier alpha value is -3.39. The molecule has 0 aromatic heterocycles. The number of ether oxygens (including phenoxy) is 2. The van der Waals surface area contributed by atoms with Crippen LogP contribution in [0.3, 0.4) is 0 Å². The van der Waals surface area contributed by atoms with E-state index in [9.17, 15) is 14.4 Å². The Labute approximate surface area is 205 Å². The first-order chi connectivity index (χ1) is 16.9. The van der Waals surface area contributed by atoms with Crippen molar-refractivity contribution in [2.24, 2.45) is 5.92 Å². The summed E-state index contributed by atoms with van der Waals surface area (Å²) in [6.45, 7) is 3.54. The fourth-order valence-electron chi connectivity index (χ4n) is 4.84. The number of carboxylic acid groups (broad SMARTS) is 1. The number of carbonyl (C=O) groups is 3. The molecule has 1 aliphatic carbocycles. The van der Waals surface area contributed by atoms with Crippen LogP contribution in [-0.2, 0) is 19.1 Å². The van der Waals surface area contributed by atoms with Gasteiger partial charge in [0.2, 0.25) is 5.91 Å². The van der Waals surface area contributed by atoms with Crippen molar-refractivity contribution in [3.8, 4) is 11.1 Å². The lowest BCUT2D eigenvalue weighted by atomic mass is 9.98. The Balaban J connectivity index is 1.20. The highest BCUT2D eigenvalue weighted by Gasteiger charge is 2.30. The first-order valence-corrected chi connectivity index (χ1v) is 12.1. The average Bonchev–Trinajstić information content (AvgIpc) is 3.19. The minimum Gasteiger partial charge on any atom is -0.481 e. The van der Waals surface area contributed by atoms with Crippen LogP contribution >= 0.6 is 0 Å². The summed E-state index contributed by atoms with van der Waals surface area (Å²) >= 11 is 0. The van der Waals surface area contributed by atoms with Crippen molar-refractivity contribution < 1.29 is 29.0 Å². The molecule has 2 aromatic carbocycles. The van der Waals surface area contributed by atoms with Crippen molar-refractivity contribution in [2.75, 3.05) is 32.8 Å². The topological polar surface area (TPSA) is 105 Å². The molecule has 0 radical (unpaired) electrons. The van der Waals surface area contributed by atoms with Gasteiger partial charge in [0.15, 0.2) is 0 Å². The third kappa shape index (κ3) is 6.00. The number of piperidine rings is 1. The van der Waals surface area contributed by atoms with Crippen molar-refractivity contribution in [2.45, 2.75) is 38.2 Å². The Morgan fingerprint density at radius 2 is 1.63 bits per heavy atom. The number of alkyl carbamates (subject to hydrolysis) is 1. The van der Waals surface area contributed by atoms with E-state index in [-0.39, 0.29) is 50.0 Å². The normalized spacial score (nSPS) is 16.3. The van der Waals surface area contributed by atoms with Gasteiger partial charge in [-0.05, 0) is 35.1 Å². The minimum absolute atomic E-state index is 0.00813. The molecule has 35 heavy (non-hydrogen) atoms. The van der Waals surface area contributed by atoms with Crippen LogP contribution in [0.1, 0.15) is 43.2 Å². The highest BCUT2D eigenvalue weighted by molar-refractivity contribution is 5.80. The summed E-state index contributed by atoms with van der Waals surface area (Å²) in [4.78, 5) is 37.6. The molecular formula is C27H32N2O6. The highest BCUT2D eigenvalue weighted by Crippen LogP contribution is 2.44. The van der Waals surface area contributed by atoms with Crippen LogP contribution in [-0.4, -0.2) is 66.9 Å². The summed E-state index contributed by atoms with van der Waals surface area (Å²) in [5.74, 6) is -1.28. The Morgan fingerprint density at radius 3 is 2.23 bits per heavy atom. The fourth-order valence-corrected chi connectivity index (χ4v) is 4.84. The van der Waals surface area contributed by atoms with E-state index in [1.807, 2.05) is 24.3 Å². The molecule has 2 amide bonds. The Kier molecular flexibility index (Phi) is 8.02. The number of hydrogen-bond donors (Lipinski definition) is 2. The summed E-state index contributed by atoms with van der Waals surface area (Å²) in [7, 11) is 0. The van der Waals surface area contributed by atoms with Gasteiger partial charge in [0.25, 0.3) is 0 Å². The van der Waals surface area contributed by atoms with Crippen LogP contribution in [0.4, 0.5) is 4.79 Å². The molecular weight excluding hydrogens is 448 g/mol. The number of benzene rings is 2. The predicted molar refractivity (Wildman–Crippen MR) is 130 cm³/mol. The lowest BCUT2D eigenvalue weighted by Crippen LogP contribution is -2.45. The van der Waals surface area contributed by atoms with Gasteiger partial charge in [-0.1, -0.05) is 55.5 Å². The van der Waals surface area contributed by atoms with E-state index in [2.05, 4.69) is 29.6 Å². The molecule has 1 atom stereocenters. The summed E-state index contributed by atoms with van der Waals surface area (Å²) in [5, 5.41) is 11.4. The molecule has 2 N–H and O–H groups in total. The number of nitrogens with one attached hydrogen (secondary N) is 1. The molecule has 0 spiro atoms. The lowest BCUT2D eigenvalue weighted by molar-refractivity contribution is -0.139. The summed E-state index contributed by atoms with van der Waals surface area (Å²) in [6.07, 6.45) is 0.790. The van der Waals surface area contributed by atoms with Crippen LogP contribution in [0.5, 0.6) is 0 Å². The molecule has 2 aromatic rings. The van der Waals surface area contributed by atoms with E-state index in [1.54, 1.807) is 11.8 Å². The number of fused-ring (bicyclic) bond motifs is 3. The summed E-state index contributed by atoms with van der Waals surface area (Å²) in [6, 6.07) is 16.3. The Morgan fingerprint density at radius 1 is 1.03 bits per heavy atom. The minimum atomic E-state index is -0.879. The molecule has 186 valence electrons. The van der Waals surface area contributed by atoms with E-state index >= 15 is 0 Å². The first-order valence-electron chi connectivity index (χ1n) is 12.1. The smallest absolute Gasteiger partial charge is 0.407 e. The zero-order chi connectivity index (χ0) is 24.8. The number of amides is 2. The van der Waals surface area contributed by atoms with E-state index in [4.69, 9.17) is 14.6 Å². The number of rotatable bonds is 9. The molecule has 1 saturated heterocycles. The molecule has 0 saturated carbocycles. The summed E-state index contributed by atoms with van der Waals surface area (Å²) in [5.41, 5.74) is 4.65. The van der Waals surface area contributed by atoms with Gasteiger partial charge in [-0.15, -0.1) is 0 Å². The molecule has 1 fully saturated rings. The van der Waals surface area contributed by atoms with Crippen molar-refractivity contribution >= 4 is 18.0 Å². The molecule has 1 heterocycles. The van der Waals surface area contributed by atoms with Crippen LogP contribution in [0, 0.1) is 5.92 Å². The second-order valence-corrected chi connectivity index (χ2v) is 9.15. The Bertz CT molecular complexity index is 1020. The van der Waals surface area contributed by atoms with Crippen molar-refractivity contribution in [3.05, 3.63) is 59.7 Å². The zero-order valence-electron chi connectivity index (χ0n) is 19.9. The number of likely N-dealkylation sites (tertiary alicyclic amines) is 1. The maximum absolute atomic E-state index is 12.8. The van der Waals surface area contributed by atoms with E-state index in [1.165, 1.54) is 11.1 Å². The highest BCUT2D eigenvalue weighted by atomic mass is 16.5. The number of nitrogens with zero attached hydrogens (tertiary/aromatic N) is 1. The fraction of sp³-hybridized carbons (Fsp3) is 0.444. The second-order valence-electron chi connectivity index (χ2n) is 9.15. The third-order valence-corrected chi connectivity index (χ3v) is 6.74. The zero-order valence-corrected chi connectivity index (χ0v) is 19.9. The maximum Gasteiger partial charge on any atom is 0.407 e. The van der Waals surface area contributed by atoms with Gasteiger partial charge in [-0.2, -0.15) is 0 Å². The third-order valence-electron chi connectivity index (χ3n) is 6.74. The van der Waals surface area contributed by atoms with Crippen LogP contribution in [0.25, 0.3) is 11.1 Å². The van der Waals surface area contributed by atoms with Gasteiger partial charge >= 0.3 is 12.1 Å². The molecule has 1 aliphatic heterocycles. The number of carboxylic acids is 1. The van der Waals surface area contributed by atoms with E-state index < -0.39 is 12.1 Å². The number of carbonyl (C=O) groups excluding carboxylic acids is 2. The second kappa shape index (κ2) is 11.4. The van der Waals surface area contributed by atoms with Gasteiger partial charge in [0.1, 0.15) is 6.61 Å². The average molecular weight is 481 g/mol. The molecule has 2 aliphatic rings. The molecule has 1 unspecified atom stereocenters. The SMILES string of the molecule is CC(CNC(=O)OCC1c2ccccc2-c2ccccc21)C(=O)N1CCC(OCCC(=O)O)CC1. The molecule has 8 heteroatoms. The van der Waals surface area contributed by atoms with Gasteiger partial charge in [0, 0.05) is 25.6 Å². The largest absolute Gasteiger partial charge is 0.481 e. The molecule has 4 rings (SSSR count). The summed E-state index contributed by atoms with van der Waals surface area (Å²) < 4.78 is 11.1. The van der Waals surface area contributed by atoms with Crippen molar-refractivity contribution in [3.63, 3.8) is 0 Å². The van der Waals surface area contributed by atoms with Crippen LogP contribution in [0.15, 0.2) is 48.5 Å². The maximum atomic E-state index is 12.8. The van der Waals surface area contributed by atoms with Crippen molar-refractivity contribution in [1.29, 1.82) is 0 Å². The monoisotopic (exact) mass is 480 g/mol. The molecule has 8 nitrogen and oxygen atoms in total. The standard InChI is InChI=1S/C27H32N2O6/c1-18(26(32)29-13-10-19(11-14-29)34-15-12-25(30)31)16-28-27(33)35-17-24-22-8-4-2-6-20(22)21-7-3-5-9-23(21)24/h2-9,18-19,24H,10-17H2,1H3,(H,28,33)(H,30,31). The predicted octanol–water partition coefficient (Wildman–Crippen LogP) is 3.64. The molecule has 0 bridgehead atoms. The van der Waals surface area contributed by atoms with Crippen LogP contribution in [0.2, 0.25) is 0 Å². The van der Waals surface area contributed by atoms with Gasteiger partial charge in [-0.3, -0.25) is 9.59 Å².